The molecule has 0 aliphatic heterocycles. The number of rotatable bonds is 6. The molecule has 1 heterocycles. The van der Waals surface area contributed by atoms with Gasteiger partial charge in [0.25, 0.3) is 0 Å². The van der Waals surface area contributed by atoms with Crippen LogP contribution in [0, 0.1) is 13.8 Å². The summed E-state index contributed by atoms with van der Waals surface area (Å²) < 4.78 is 7.13. The van der Waals surface area contributed by atoms with Crippen LogP contribution in [-0.4, -0.2) is 28.2 Å². The van der Waals surface area contributed by atoms with Crippen LogP contribution in [0.1, 0.15) is 22.5 Å². The van der Waals surface area contributed by atoms with Gasteiger partial charge in [-0.3, -0.25) is 10.1 Å². The molecule has 1 aromatic heterocycles. The highest BCUT2D eigenvalue weighted by Gasteiger charge is 2.10. The predicted octanol–water partition coefficient (Wildman–Crippen LogP) is 3.88. The van der Waals surface area contributed by atoms with Crippen molar-refractivity contribution in [3.63, 3.8) is 0 Å². The molecular weight excluding hydrogens is 370 g/mol. The van der Waals surface area contributed by atoms with Gasteiger partial charge in [0.2, 0.25) is 0 Å². The van der Waals surface area contributed by atoms with E-state index in [0.29, 0.717) is 5.11 Å². The third kappa shape index (κ3) is 4.95. The molecule has 28 heavy (non-hydrogen) atoms. The summed E-state index contributed by atoms with van der Waals surface area (Å²) in [5.41, 5.74) is 7.87. The lowest BCUT2D eigenvalue weighted by atomic mass is 10.2. The molecule has 0 atom stereocenters. The van der Waals surface area contributed by atoms with Crippen molar-refractivity contribution in [3.8, 4) is 5.75 Å². The van der Waals surface area contributed by atoms with E-state index in [2.05, 4.69) is 33.1 Å². The molecule has 0 aliphatic carbocycles. The molecule has 6 nitrogen and oxygen atoms in total. The monoisotopic (exact) mass is 393 g/mol. The third-order valence-electron chi connectivity index (χ3n) is 4.32. The second-order valence-electron chi connectivity index (χ2n) is 6.28. The first-order chi connectivity index (χ1) is 13.6. The number of aryl methyl sites for hydroxylation is 1. The number of thiocarbonyl (C=S) groups is 1. The topological polar surface area (TPSA) is 63.5 Å². The molecule has 2 N–H and O–H groups in total. The first-order valence-electron chi connectivity index (χ1n) is 8.89. The third-order valence-corrected chi connectivity index (χ3v) is 4.51. The van der Waals surface area contributed by atoms with Gasteiger partial charge in [-0.2, -0.15) is 10.2 Å². The largest absolute Gasteiger partial charge is 0.497 e. The van der Waals surface area contributed by atoms with E-state index in [1.165, 1.54) is 5.56 Å². The highest BCUT2D eigenvalue weighted by atomic mass is 32.1. The molecule has 0 fully saturated rings. The van der Waals surface area contributed by atoms with Gasteiger partial charge in [-0.1, -0.05) is 30.3 Å². The number of hydrogen-bond acceptors (Lipinski definition) is 4. The van der Waals surface area contributed by atoms with Gasteiger partial charge in [0, 0.05) is 16.9 Å². The minimum atomic E-state index is 0.411. The van der Waals surface area contributed by atoms with Crippen molar-refractivity contribution in [1.82, 2.24) is 15.2 Å². The van der Waals surface area contributed by atoms with E-state index >= 15 is 0 Å². The molecule has 7 heteroatoms. The van der Waals surface area contributed by atoms with Crippen LogP contribution < -0.4 is 15.5 Å². The normalized spacial score (nSPS) is 10.8. The first-order valence-corrected chi connectivity index (χ1v) is 9.29. The molecule has 144 valence electrons. The minimum absolute atomic E-state index is 0.411. The Labute approximate surface area is 170 Å². The number of methoxy groups -OCH3 is 1. The zero-order chi connectivity index (χ0) is 19.9. The molecule has 0 saturated carbocycles. The number of hydrogen-bond donors (Lipinski definition) is 2. The van der Waals surface area contributed by atoms with E-state index in [4.69, 9.17) is 17.0 Å². The van der Waals surface area contributed by atoms with Crippen LogP contribution in [0.25, 0.3) is 0 Å². The van der Waals surface area contributed by atoms with E-state index in [-0.39, 0.29) is 0 Å². The summed E-state index contributed by atoms with van der Waals surface area (Å²) in [4.78, 5) is 0. The van der Waals surface area contributed by atoms with E-state index in [1.54, 1.807) is 13.3 Å². The van der Waals surface area contributed by atoms with Gasteiger partial charge in [0.1, 0.15) is 5.75 Å². The summed E-state index contributed by atoms with van der Waals surface area (Å²) in [6.07, 6.45) is 1.75. The smallest absolute Gasteiger partial charge is 0.191 e. The Balaban J connectivity index is 1.61. The molecule has 3 aromatic rings. The number of ether oxygens (including phenoxy) is 1. The van der Waals surface area contributed by atoms with Crippen molar-refractivity contribution >= 4 is 29.2 Å². The zero-order valence-electron chi connectivity index (χ0n) is 16.1. The molecule has 0 saturated heterocycles. The van der Waals surface area contributed by atoms with Gasteiger partial charge >= 0.3 is 0 Å². The van der Waals surface area contributed by atoms with Gasteiger partial charge in [0.05, 0.1) is 25.6 Å². The van der Waals surface area contributed by atoms with Gasteiger partial charge in [0.15, 0.2) is 5.11 Å². The Morgan fingerprint density at radius 2 is 1.86 bits per heavy atom. The van der Waals surface area contributed by atoms with Crippen LogP contribution in [-0.2, 0) is 6.54 Å². The Morgan fingerprint density at radius 1 is 1.14 bits per heavy atom. The SMILES string of the molecule is COc1ccc(NC(=S)N/N=C\c2c(C)nn(Cc3ccccc3)c2C)cc1. The van der Waals surface area contributed by atoms with Crippen molar-refractivity contribution in [2.75, 3.05) is 12.4 Å². The second-order valence-corrected chi connectivity index (χ2v) is 6.69. The van der Waals surface area contributed by atoms with Gasteiger partial charge in [-0.25, -0.2) is 0 Å². The average molecular weight is 394 g/mol. The first kappa shape index (κ1) is 19.6. The summed E-state index contributed by atoms with van der Waals surface area (Å²) in [6, 6.07) is 17.8. The number of benzene rings is 2. The summed E-state index contributed by atoms with van der Waals surface area (Å²) in [6.45, 7) is 4.74. The van der Waals surface area contributed by atoms with Crippen molar-refractivity contribution in [2.45, 2.75) is 20.4 Å². The Kier molecular flexibility index (Phi) is 6.39. The maximum absolute atomic E-state index is 5.28. The summed E-state index contributed by atoms with van der Waals surface area (Å²) >= 11 is 5.28. The lowest BCUT2D eigenvalue weighted by Gasteiger charge is -2.07. The lowest BCUT2D eigenvalue weighted by molar-refractivity contribution is 0.415. The zero-order valence-corrected chi connectivity index (χ0v) is 17.0. The molecule has 0 unspecified atom stereocenters. The summed E-state index contributed by atoms with van der Waals surface area (Å²) in [5.74, 6) is 0.793. The van der Waals surface area contributed by atoms with E-state index in [0.717, 1.165) is 34.9 Å². The van der Waals surface area contributed by atoms with Gasteiger partial charge in [-0.05, 0) is 55.9 Å². The Morgan fingerprint density at radius 3 is 2.54 bits per heavy atom. The van der Waals surface area contributed by atoms with Crippen LogP contribution in [0.4, 0.5) is 5.69 Å². The number of aromatic nitrogens is 2. The fraction of sp³-hybridized carbons (Fsp3) is 0.190. The average Bonchev–Trinajstić information content (AvgIpc) is 2.96. The standard InChI is InChI=1S/C21H23N5OS/c1-15-20(16(2)26(25-15)14-17-7-5-4-6-8-17)13-22-24-21(28)23-18-9-11-19(27-3)12-10-18/h4-13H,14H2,1-3H3,(H2,23,24,28)/b22-13-. The van der Waals surface area contributed by atoms with Crippen LogP contribution in [0.5, 0.6) is 5.75 Å². The summed E-state index contributed by atoms with van der Waals surface area (Å²) in [5, 5.41) is 12.4. The van der Waals surface area contributed by atoms with Gasteiger partial charge in [-0.15, -0.1) is 0 Å². The lowest BCUT2D eigenvalue weighted by Crippen LogP contribution is -2.23. The highest BCUT2D eigenvalue weighted by molar-refractivity contribution is 7.80. The quantitative estimate of drug-likeness (QED) is 0.378. The molecule has 2 aromatic carbocycles. The van der Waals surface area contributed by atoms with Crippen molar-refractivity contribution in [3.05, 3.63) is 77.1 Å². The van der Waals surface area contributed by atoms with E-state index < -0.39 is 0 Å². The molecule has 0 bridgehead atoms. The summed E-state index contributed by atoms with van der Waals surface area (Å²) in [7, 11) is 1.63. The highest BCUT2D eigenvalue weighted by Crippen LogP contribution is 2.15. The fourth-order valence-electron chi connectivity index (χ4n) is 2.80. The van der Waals surface area contributed by atoms with Crippen LogP contribution in [0.15, 0.2) is 59.7 Å². The molecule has 3 rings (SSSR count). The second kappa shape index (κ2) is 9.14. The van der Waals surface area contributed by atoms with Gasteiger partial charge < -0.3 is 10.1 Å². The molecule has 0 amide bonds. The fourth-order valence-corrected chi connectivity index (χ4v) is 2.97. The van der Waals surface area contributed by atoms with Crippen LogP contribution in [0.2, 0.25) is 0 Å². The maximum Gasteiger partial charge on any atom is 0.191 e. The van der Waals surface area contributed by atoms with Crippen molar-refractivity contribution in [2.24, 2.45) is 5.10 Å². The number of hydrazone groups is 1. The van der Waals surface area contributed by atoms with Crippen LogP contribution >= 0.6 is 12.2 Å². The molecular formula is C21H23N5OS. The predicted molar refractivity (Wildman–Crippen MR) is 117 cm³/mol. The maximum atomic E-state index is 5.28. The number of anilines is 1. The van der Waals surface area contributed by atoms with E-state index in [1.807, 2.05) is 61.0 Å². The van der Waals surface area contributed by atoms with Crippen molar-refractivity contribution < 1.29 is 4.74 Å². The van der Waals surface area contributed by atoms with E-state index in [9.17, 15) is 0 Å². The molecule has 0 spiro atoms. The molecule has 0 radical (unpaired) electrons. The Bertz CT molecular complexity index is 964. The molecule has 0 aliphatic rings. The minimum Gasteiger partial charge on any atom is -0.497 e. The Hall–Kier alpha value is -3.19. The number of nitrogens with zero attached hydrogens (tertiary/aromatic N) is 3. The van der Waals surface area contributed by atoms with Crippen LogP contribution in [0.3, 0.4) is 0 Å². The number of nitrogens with one attached hydrogen (secondary N) is 2. The van der Waals surface area contributed by atoms with Crippen molar-refractivity contribution in [1.29, 1.82) is 0 Å².